The number of furan rings is 1. The van der Waals surface area contributed by atoms with Crippen LogP contribution in [0.5, 0.6) is 0 Å². The highest BCUT2D eigenvalue weighted by Gasteiger charge is 2.10. The summed E-state index contributed by atoms with van der Waals surface area (Å²) in [6.45, 7) is 4.55. The van der Waals surface area contributed by atoms with E-state index < -0.39 is 0 Å². The van der Waals surface area contributed by atoms with Gasteiger partial charge in [-0.3, -0.25) is 0 Å². The second-order valence-corrected chi connectivity index (χ2v) is 5.71. The van der Waals surface area contributed by atoms with Gasteiger partial charge in [0.15, 0.2) is 0 Å². The van der Waals surface area contributed by atoms with Crippen molar-refractivity contribution in [2.45, 2.75) is 20.4 Å². The number of nitrogens with two attached hydrogens (primary N) is 1. The molecule has 0 aliphatic rings. The maximum absolute atomic E-state index is 5.68. The van der Waals surface area contributed by atoms with E-state index in [0.29, 0.717) is 6.54 Å². The van der Waals surface area contributed by atoms with Gasteiger partial charge in [-0.2, -0.15) is 0 Å². The average Bonchev–Trinajstić information content (AvgIpc) is 2.90. The first kappa shape index (κ1) is 11.4. The Balaban J connectivity index is 2.15. The zero-order valence-electron chi connectivity index (χ0n) is 10.4. The van der Waals surface area contributed by atoms with Crippen molar-refractivity contribution in [2.75, 3.05) is 0 Å². The van der Waals surface area contributed by atoms with Gasteiger partial charge in [0, 0.05) is 15.8 Å². The molecule has 0 aliphatic carbocycles. The number of hydrogen-bond donors (Lipinski definition) is 1. The molecule has 0 spiro atoms. The van der Waals surface area contributed by atoms with E-state index in [1.165, 1.54) is 4.88 Å². The standard InChI is InChI=1S/C14H14N2OS/c1-8-14(16-9(2)18-8)11-4-3-10-5-12(7-15)17-13(10)6-11/h3-6H,7,15H2,1-2H3. The van der Waals surface area contributed by atoms with Crippen LogP contribution in [0, 0.1) is 13.8 Å². The van der Waals surface area contributed by atoms with Gasteiger partial charge in [-0.25, -0.2) is 4.98 Å². The molecule has 2 heterocycles. The van der Waals surface area contributed by atoms with Crippen LogP contribution in [0.3, 0.4) is 0 Å². The first-order valence-corrected chi connectivity index (χ1v) is 6.66. The Bertz CT molecular complexity index is 712. The number of rotatable bonds is 2. The van der Waals surface area contributed by atoms with Crippen LogP contribution in [0.1, 0.15) is 15.6 Å². The van der Waals surface area contributed by atoms with Crippen molar-refractivity contribution in [1.82, 2.24) is 4.98 Å². The first-order chi connectivity index (χ1) is 8.67. The quantitative estimate of drug-likeness (QED) is 0.763. The van der Waals surface area contributed by atoms with Gasteiger partial charge in [-0.15, -0.1) is 11.3 Å². The fourth-order valence-electron chi connectivity index (χ4n) is 2.13. The molecule has 1 aromatic carbocycles. The molecule has 0 fully saturated rings. The predicted octanol–water partition coefficient (Wildman–Crippen LogP) is 3.63. The molecule has 0 atom stereocenters. The SMILES string of the molecule is Cc1nc(-c2ccc3cc(CN)oc3c2)c(C)s1. The number of nitrogens with zero attached hydrogens (tertiary/aromatic N) is 1. The van der Waals surface area contributed by atoms with Gasteiger partial charge in [0.1, 0.15) is 11.3 Å². The van der Waals surface area contributed by atoms with Crippen molar-refractivity contribution in [3.63, 3.8) is 0 Å². The van der Waals surface area contributed by atoms with Crippen molar-refractivity contribution < 1.29 is 4.42 Å². The zero-order valence-corrected chi connectivity index (χ0v) is 11.2. The molecular formula is C14H14N2OS. The van der Waals surface area contributed by atoms with Gasteiger partial charge in [0.05, 0.1) is 17.2 Å². The van der Waals surface area contributed by atoms with E-state index in [2.05, 4.69) is 24.0 Å². The monoisotopic (exact) mass is 258 g/mol. The summed E-state index contributed by atoms with van der Waals surface area (Å²) in [7, 11) is 0. The molecule has 18 heavy (non-hydrogen) atoms. The predicted molar refractivity (Wildman–Crippen MR) is 74.7 cm³/mol. The second-order valence-electron chi connectivity index (χ2n) is 4.31. The van der Waals surface area contributed by atoms with Crippen LogP contribution in [0.4, 0.5) is 0 Å². The number of fused-ring (bicyclic) bond motifs is 1. The van der Waals surface area contributed by atoms with E-state index >= 15 is 0 Å². The maximum atomic E-state index is 5.68. The summed E-state index contributed by atoms with van der Waals surface area (Å²) in [6.07, 6.45) is 0. The zero-order chi connectivity index (χ0) is 12.7. The molecular weight excluding hydrogens is 244 g/mol. The van der Waals surface area contributed by atoms with Crippen molar-refractivity contribution in [3.05, 3.63) is 39.9 Å². The third-order valence-electron chi connectivity index (χ3n) is 2.95. The highest BCUT2D eigenvalue weighted by Crippen LogP contribution is 2.30. The molecule has 3 nitrogen and oxygen atoms in total. The van der Waals surface area contributed by atoms with Gasteiger partial charge in [-0.1, -0.05) is 12.1 Å². The molecule has 0 saturated heterocycles. The van der Waals surface area contributed by atoms with Crippen LogP contribution in [0.25, 0.3) is 22.2 Å². The number of thiazole rings is 1. The fraction of sp³-hybridized carbons (Fsp3) is 0.214. The van der Waals surface area contributed by atoms with Crippen LogP contribution >= 0.6 is 11.3 Å². The summed E-state index contributed by atoms with van der Waals surface area (Å²) in [5, 5.41) is 2.17. The molecule has 0 aliphatic heterocycles. The molecule has 2 N–H and O–H groups in total. The lowest BCUT2D eigenvalue weighted by molar-refractivity contribution is 0.552. The smallest absolute Gasteiger partial charge is 0.135 e. The minimum Gasteiger partial charge on any atom is -0.460 e. The van der Waals surface area contributed by atoms with E-state index in [9.17, 15) is 0 Å². The lowest BCUT2D eigenvalue weighted by Gasteiger charge is -1.98. The topological polar surface area (TPSA) is 52.0 Å². The highest BCUT2D eigenvalue weighted by molar-refractivity contribution is 7.11. The van der Waals surface area contributed by atoms with E-state index in [-0.39, 0.29) is 0 Å². The second kappa shape index (κ2) is 4.23. The van der Waals surface area contributed by atoms with Crippen molar-refractivity contribution in [1.29, 1.82) is 0 Å². The Labute approximate surface area is 109 Å². The first-order valence-electron chi connectivity index (χ1n) is 5.84. The summed E-state index contributed by atoms with van der Waals surface area (Å²) >= 11 is 1.72. The summed E-state index contributed by atoms with van der Waals surface area (Å²) < 4.78 is 5.68. The van der Waals surface area contributed by atoms with Crippen molar-refractivity contribution in [3.8, 4) is 11.3 Å². The lowest BCUT2D eigenvalue weighted by Crippen LogP contribution is -1.92. The average molecular weight is 258 g/mol. The van der Waals surface area contributed by atoms with Crippen molar-refractivity contribution in [2.24, 2.45) is 5.73 Å². The summed E-state index contributed by atoms with van der Waals surface area (Å²) in [4.78, 5) is 5.80. The van der Waals surface area contributed by atoms with E-state index in [1.54, 1.807) is 11.3 Å². The number of benzene rings is 1. The van der Waals surface area contributed by atoms with Gasteiger partial charge in [0.25, 0.3) is 0 Å². The van der Waals surface area contributed by atoms with Crippen LogP contribution < -0.4 is 5.73 Å². The van der Waals surface area contributed by atoms with Crippen LogP contribution in [0.15, 0.2) is 28.7 Å². The number of hydrogen-bond acceptors (Lipinski definition) is 4. The van der Waals surface area contributed by atoms with Crippen LogP contribution in [0.2, 0.25) is 0 Å². The molecule has 3 rings (SSSR count). The molecule has 0 amide bonds. The molecule has 0 unspecified atom stereocenters. The molecule has 0 radical (unpaired) electrons. The lowest BCUT2D eigenvalue weighted by atomic mass is 10.1. The normalized spacial score (nSPS) is 11.3. The van der Waals surface area contributed by atoms with E-state index in [4.69, 9.17) is 10.2 Å². The number of aromatic nitrogens is 1. The Morgan fingerprint density at radius 2 is 2.11 bits per heavy atom. The largest absolute Gasteiger partial charge is 0.460 e. The highest BCUT2D eigenvalue weighted by atomic mass is 32.1. The van der Waals surface area contributed by atoms with Crippen LogP contribution in [-0.2, 0) is 6.54 Å². The van der Waals surface area contributed by atoms with Gasteiger partial charge in [0.2, 0.25) is 0 Å². The molecule has 4 heteroatoms. The third kappa shape index (κ3) is 1.83. The van der Waals surface area contributed by atoms with Gasteiger partial charge in [-0.05, 0) is 26.0 Å². The Morgan fingerprint density at radius 3 is 2.78 bits per heavy atom. The van der Waals surface area contributed by atoms with E-state index in [0.717, 1.165) is 33.0 Å². The Hall–Kier alpha value is -1.65. The van der Waals surface area contributed by atoms with Crippen molar-refractivity contribution >= 4 is 22.3 Å². The summed E-state index contributed by atoms with van der Waals surface area (Å²) in [5.74, 6) is 0.813. The van der Waals surface area contributed by atoms with Gasteiger partial charge >= 0.3 is 0 Å². The molecule has 0 saturated carbocycles. The maximum Gasteiger partial charge on any atom is 0.135 e. The van der Waals surface area contributed by atoms with Gasteiger partial charge < -0.3 is 10.2 Å². The summed E-state index contributed by atoms with van der Waals surface area (Å²) in [6, 6.07) is 8.16. The van der Waals surface area contributed by atoms with E-state index in [1.807, 2.05) is 19.1 Å². The molecule has 0 bridgehead atoms. The third-order valence-corrected chi connectivity index (χ3v) is 3.84. The van der Waals surface area contributed by atoms with Crippen LogP contribution in [-0.4, -0.2) is 4.98 Å². The molecule has 2 aromatic heterocycles. The minimum atomic E-state index is 0.429. The minimum absolute atomic E-state index is 0.429. The molecule has 3 aromatic rings. The number of aryl methyl sites for hydroxylation is 2. The fourth-order valence-corrected chi connectivity index (χ4v) is 2.97. The Morgan fingerprint density at radius 1 is 1.28 bits per heavy atom. The molecule has 92 valence electrons. The Kier molecular flexibility index (Phi) is 2.69. The summed E-state index contributed by atoms with van der Waals surface area (Å²) in [5.41, 5.74) is 8.60.